The van der Waals surface area contributed by atoms with E-state index in [1.165, 1.54) is 12.1 Å². The van der Waals surface area contributed by atoms with Gasteiger partial charge < -0.3 is 5.32 Å². The summed E-state index contributed by atoms with van der Waals surface area (Å²) in [7, 11) is 1.87. The molecule has 1 N–H and O–H groups in total. The van der Waals surface area contributed by atoms with Crippen molar-refractivity contribution in [1.82, 2.24) is 5.32 Å². The Balaban J connectivity index is 2.32. The van der Waals surface area contributed by atoms with Gasteiger partial charge in [0.2, 0.25) is 0 Å². The van der Waals surface area contributed by atoms with E-state index in [1.54, 1.807) is 0 Å². The molecule has 20 heavy (non-hydrogen) atoms. The molecule has 2 aromatic rings. The van der Waals surface area contributed by atoms with Crippen molar-refractivity contribution in [1.29, 1.82) is 0 Å². The minimum Gasteiger partial charge on any atom is -0.316 e. The number of benzene rings is 2. The van der Waals surface area contributed by atoms with E-state index in [9.17, 15) is 13.2 Å². The number of hydrogen-bond donors (Lipinski definition) is 1. The molecule has 0 unspecified atom stereocenters. The zero-order chi connectivity index (χ0) is 14.8. The Morgan fingerprint density at radius 2 is 1.65 bits per heavy atom. The van der Waals surface area contributed by atoms with Crippen LogP contribution in [0.25, 0.3) is 11.1 Å². The van der Waals surface area contributed by atoms with E-state index < -0.39 is 11.7 Å². The van der Waals surface area contributed by atoms with Crippen molar-refractivity contribution in [2.75, 3.05) is 7.05 Å². The molecule has 0 aliphatic heterocycles. The average molecular weight is 279 g/mol. The van der Waals surface area contributed by atoms with Crippen LogP contribution < -0.4 is 5.32 Å². The van der Waals surface area contributed by atoms with Gasteiger partial charge in [0.05, 0.1) is 5.56 Å². The number of halogens is 3. The smallest absolute Gasteiger partial charge is 0.316 e. The molecule has 2 rings (SSSR count). The van der Waals surface area contributed by atoms with Gasteiger partial charge in [-0.25, -0.2) is 0 Å². The van der Waals surface area contributed by atoms with Crippen molar-refractivity contribution in [3.63, 3.8) is 0 Å². The van der Waals surface area contributed by atoms with Crippen LogP contribution in [0.2, 0.25) is 0 Å². The first-order chi connectivity index (χ1) is 9.41. The third-order valence-corrected chi connectivity index (χ3v) is 3.19. The fourth-order valence-corrected chi connectivity index (χ4v) is 2.20. The molecule has 1 nitrogen and oxygen atoms in total. The van der Waals surface area contributed by atoms with Gasteiger partial charge in [-0.15, -0.1) is 0 Å². The Hall–Kier alpha value is -1.81. The predicted octanol–water partition coefficient (Wildman–Crippen LogP) is 4.40. The van der Waals surface area contributed by atoms with Crippen LogP contribution in [-0.4, -0.2) is 7.05 Å². The van der Waals surface area contributed by atoms with Gasteiger partial charge in [0.1, 0.15) is 0 Å². The molecule has 4 heteroatoms. The van der Waals surface area contributed by atoms with Crippen LogP contribution in [0.4, 0.5) is 13.2 Å². The van der Waals surface area contributed by atoms with Gasteiger partial charge in [-0.05, 0) is 48.4 Å². The first kappa shape index (κ1) is 14.6. The lowest BCUT2D eigenvalue weighted by Gasteiger charge is -2.11. The second-order valence-electron chi connectivity index (χ2n) is 4.75. The van der Waals surface area contributed by atoms with Crippen LogP contribution in [-0.2, 0) is 12.7 Å². The molecule has 0 atom stereocenters. The second-order valence-corrected chi connectivity index (χ2v) is 4.75. The highest BCUT2D eigenvalue weighted by molar-refractivity contribution is 5.67. The number of aryl methyl sites for hydroxylation is 1. The summed E-state index contributed by atoms with van der Waals surface area (Å²) in [6.45, 7) is 2.74. The maximum absolute atomic E-state index is 12.5. The largest absolute Gasteiger partial charge is 0.416 e. The lowest BCUT2D eigenvalue weighted by molar-refractivity contribution is -0.137. The first-order valence-electron chi connectivity index (χ1n) is 6.33. The molecular formula is C16H16F3N. The van der Waals surface area contributed by atoms with E-state index in [2.05, 4.69) is 5.32 Å². The summed E-state index contributed by atoms with van der Waals surface area (Å²) in [6.07, 6.45) is -4.29. The van der Waals surface area contributed by atoms with Crippen molar-refractivity contribution >= 4 is 0 Å². The van der Waals surface area contributed by atoms with Crippen molar-refractivity contribution < 1.29 is 13.2 Å². The van der Waals surface area contributed by atoms with Gasteiger partial charge in [-0.1, -0.05) is 30.3 Å². The van der Waals surface area contributed by atoms with E-state index in [0.29, 0.717) is 0 Å². The van der Waals surface area contributed by atoms with E-state index in [0.717, 1.165) is 40.9 Å². The summed E-state index contributed by atoms with van der Waals surface area (Å²) in [5.74, 6) is 0. The molecule has 106 valence electrons. The Labute approximate surface area is 116 Å². The minimum absolute atomic E-state index is 0.620. The lowest BCUT2D eigenvalue weighted by atomic mass is 9.97. The number of hydrogen-bond acceptors (Lipinski definition) is 1. The first-order valence-corrected chi connectivity index (χ1v) is 6.33. The molecule has 2 aromatic carbocycles. The highest BCUT2D eigenvalue weighted by atomic mass is 19.4. The Morgan fingerprint density at radius 1 is 1.00 bits per heavy atom. The topological polar surface area (TPSA) is 12.0 Å². The predicted molar refractivity (Wildman–Crippen MR) is 74.4 cm³/mol. The van der Waals surface area contributed by atoms with Gasteiger partial charge in [-0.3, -0.25) is 0 Å². The van der Waals surface area contributed by atoms with E-state index >= 15 is 0 Å². The molecule has 0 fully saturated rings. The molecule has 0 spiro atoms. The number of rotatable bonds is 3. The Kier molecular flexibility index (Phi) is 4.14. The van der Waals surface area contributed by atoms with Crippen LogP contribution in [0.1, 0.15) is 16.7 Å². The highest BCUT2D eigenvalue weighted by Gasteiger charge is 2.29. The van der Waals surface area contributed by atoms with Gasteiger partial charge in [0.25, 0.3) is 0 Å². The molecule has 0 heterocycles. The fourth-order valence-electron chi connectivity index (χ4n) is 2.20. The molecule has 0 aliphatic rings. The molecule has 0 saturated heterocycles. The SMILES string of the molecule is CNCc1ccc(-c2ccc(C(F)(F)F)cc2)c(C)c1. The molecule has 0 bridgehead atoms. The second kappa shape index (κ2) is 5.67. The third-order valence-electron chi connectivity index (χ3n) is 3.19. The van der Waals surface area contributed by atoms with Crippen molar-refractivity contribution in [3.05, 3.63) is 59.2 Å². The quantitative estimate of drug-likeness (QED) is 0.878. The third kappa shape index (κ3) is 3.20. The van der Waals surface area contributed by atoms with Crippen molar-refractivity contribution in [3.8, 4) is 11.1 Å². The summed E-state index contributed by atoms with van der Waals surface area (Å²) < 4.78 is 37.6. The standard InChI is InChI=1S/C16H16F3N/c1-11-9-12(10-20-2)3-8-15(11)13-4-6-14(7-5-13)16(17,18)19/h3-9,20H,10H2,1-2H3. The van der Waals surface area contributed by atoms with Gasteiger partial charge in [0.15, 0.2) is 0 Å². The number of nitrogens with one attached hydrogen (secondary N) is 1. The zero-order valence-corrected chi connectivity index (χ0v) is 11.4. The molecule has 0 aliphatic carbocycles. The highest BCUT2D eigenvalue weighted by Crippen LogP contribution is 2.31. The lowest BCUT2D eigenvalue weighted by Crippen LogP contribution is -2.05. The summed E-state index contributed by atoms with van der Waals surface area (Å²) in [4.78, 5) is 0. The molecular weight excluding hydrogens is 263 g/mol. The normalized spacial score (nSPS) is 11.7. The Morgan fingerprint density at radius 3 is 2.15 bits per heavy atom. The summed E-state index contributed by atoms with van der Waals surface area (Å²) in [6, 6.07) is 11.3. The maximum atomic E-state index is 12.5. The molecule has 0 amide bonds. The molecule has 0 aromatic heterocycles. The monoisotopic (exact) mass is 279 g/mol. The summed E-state index contributed by atoms with van der Waals surface area (Å²) in [5.41, 5.74) is 3.34. The summed E-state index contributed by atoms with van der Waals surface area (Å²) >= 11 is 0. The van der Waals surface area contributed by atoms with Gasteiger partial charge in [0, 0.05) is 6.54 Å². The molecule has 0 saturated carbocycles. The molecule has 0 radical (unpaired) electrons. The van der Waals surface area contributed by atoms with Crippen molar-refractivity contribution in [2.45, 2.75) is 19.6 Å². The van der Waals surface area contributed by atoms with Crippen LogP contribution in [0, 0.1) is 6.92 Å². The fraction of sp³-hybridized carbons (Fsp3) is 0.250. The van der Waals surface area contributed by atoms with Crippen LogP contribution >= 0.6 is 0 Å². The van der Waals surface area contributed by atoms with Crippen LogP contribution in [0.5, 0.6) is 0 Å². The summed E-state index contributed by atoms with van der Waals surface area (Å²) in [5, 5.41) is 3.07. The maximum Gasteiger partial charge on any atom is 0.416 e. The van der Waals surface area contributed by atoms with Gasteiger partial charge >= 0.3 is 6.18 Å². The van der Waals surface area contributed by atoms with E-state index in [-0.39, 0.29) is 0 Å². The van der Waals surface area contributed by atoms with Crippen LogP contribution in [0.3, 0.4) is 0 Å². The average Bonchev–Trinajstić information content (AvgIpc) is 2.38. The van der Waals surface area contributed by atoms with Gasteiger partial charge in [-0.2, -0.15) is 13.2 Å². The zero-order valence-electron chi connectivity index (χ0n) is 11.4. The van der Waals surface area contributed by atoms with E-state index in [4.69, 9.17) is 0 Å². The van der Waals surface area contributed by atoms with E-state index in [1.807, 2.05) is 32.2 Å². The van der Waals surface area contributed by atoms with Crippen molar-refractivity contribution in [2.24, 2.45) is 0 Å². The minimum atomic E-state index is -4.29. The number of alkyl halides is 3. The Bertz CT molecular complexity index is 586. The van der Waals surface area contributed by atoms with Crippen LogP contribution in [0.15, 0.2) is 42.5 Å².